The molecule has 1 amide bonds. The Morgan fingerprint density at radius 1 is 1.35 bits per heavy atom. The molecule has 4 rings (SSSR count). The monoisotopic (exact) mass is 507 g/mol. The second kappa shape index (κ2) is 10.6. The fourth-order valence-electron chi connectivity index (χ4n) is 3.77. The molecule has 34 heavy (non-hydrogen) atoms. The lowest BCUT2D eigenvalue weighted by Crippen LogP contribution is -2.37. The number of carbonyl (C=O) groups excluding carboxylic acids is 1. The van der Waals surface area contributed by atoms with E-state index in [0.717, 1.165) is 10.6 Å². The molecule has 3 heterocycles. The Morgan fingerprint density at radius 3 is 2.82 bits per heavy atom. The number of thiophene rings is 1. The van der Waals surface area contributed by atoms with Gasteiger partial charge in [-0.3, -0.25) is 9.78 Å². The smallest absolute Gasteiger partial charge is 0.248 e. The quantitative estimate of drug-likeness (QED) is 0.265. The van der Waals surface area contributed by atoms with Crippen molar-refractivity contribution in [2.75, 3.05) is 18.1 Å². The van der Waals surface area contributed by atoms with Gasteiger partial charge in [-0.25, -0.2) is 13.5 Å². The first-order valence-electron chi connectivity index (χ1n) is 10.9. The Labute approximate surface area is 205 Å². The highest BCUT2D eigenvalue weighted by Gasteiger charge is 2.45. The minimum absolute atomic E-state index is 0.141. The second-order valence-corrected chi connectivity index (χ2v) is 9.35. The number of amides is 1. The molecule has 1 saturated carbocycles. The van der Waals surface area contributed by atoms with Gasteiger partial charge >= 0.3 is 0 Å². The average molecular weight is 508 g/mol. The number of pyridine rings is 1. The maximum Gasteiger partial charge on any atom is 0.248 e. The molecule has 11 heteroatoms. The van der Waals surface area contributed by atoms with Crippen LogP contribution in [0.25, 0.3) is 5.69 Å². The van der Waals surface area contributed by atoms with Crippen molar-refractivity contribution >= 4 is 40.2 Å². The topological polar surface area (TPSA) is 72.6 Å². The van der Waals surface area contributed by atoms with Crippen molar-refractivity contribution in [2.45, 2.75) is 38.5 Å². The fraction of sp³-hybridized carbons (Fsp3) is 0.391. The summed E-state index contributed by atoms with van der Waals surface area (Å²) in [4.78, 5) is 25.0. The molecule has 0 N–H and O–H groups in total. The van der Waals surface area contributed by atoms with Crippen molar-refractivity contribution in [1.29, 1.82) is 0 Å². The molecule has 0 spiro atoms. The van der Waals surface area contributed by atoms with Gasteiger partial charge in [-0.1, -0.05) is 22.8 Å². The Morgan fingerprint density at radius 2 is 2.18 bits per heavy atom. The van der Waals surface area contributed by atoms with Crippen molar-refractivity contribution < 1.29 is 18.4 Å². The fourth-order valence-corrected chi connectivity index (χ4v) is 4.74. The molecule has 0 bridgehead atoms. The Bertz CT molecular complexity index is 1130. The van der Waals surface area contributed by atoms with Crippen LogP contribution in [0.4, 0.5) is 14.5 Å². The summed E-state index contributed by atoms with van der Waals surface area (Å²) in [5, 5.41) is 10.6. The molecule has 0 radical (unpaired) electrons. The first kappa shape index (κ1) is 24.3. The summed E-state index contributed by atoms with van der Waals surface area (Å²) >= 11 is 7.83. The molecule has 0 unspecified atom stereocenters. The number of halogens is 3. The number of rotatable bonds is 10. The molecular formula is C23H24ClF2N5O2S. The zero-order valence-electron chi connectivity index (χ0n) is 18.5. The van der Waals surface area contributed by atoms with Crippen molar-refractivity contribution in [3.63, 3.8) is 0 Å². The summed E-state index contributed by atoms with van der Waals surface area (Å²) in [6.07, 6.45) is 5.18. The minimum Gasteiger partial charge on any atom is -0.395 e. The Balaban J connectivity index is 1.41. The van der Waals surface area contributed by atoms with Crippen LogP contribution in [0.15, 0.2) is 53.4 Å². The zero-order valence-corrected chi connectivity index (χ0v) is 20.1. The third kappa shape index (κ3) is 5.79. The molecule has 1 fully saturated rings. The Kier molecular flexibility index (Phi) is 7.57. The van der Waals surface area contributed by atoms with Gasteiger partial charge in [-0.15, -0.1) is 11.3 Å². The highest BCUT2D eigenvalue weighted by Crippen LogP contribution is 2.42. The van der Waals surface area contributed by atoms with Crippen LogP contribution >= 0.6 is 22.9 Å². The van der Waals surface area contributed by atoms with Crippen LogP contribution in [0.5, 0.6) is 0 Å². The van der Waals surface area contributed by atoms with E-state index in [9.17, 15) is 13.6 Å². The van der Waals surface area contributed by atoms with Crippen molar-refractivity contribution in [1.82, 2.24) is 14.8 Å². The number of hydrogen-bond donors (Lipinski definition) is 0. The van der Waals surface area contributed by atoms with E-state index in [-0.39, 0.29) is 42.8 Å². The summed E-state index contributed by atoms with van der Waals surface area (Å²) in [5.41, 5.74) is 1.85. The van der Waals surface area contributed by atoms with Gasteiger partial charge in [0.1, 0.15) is 12.3 Å². The van der Waals surface area contributed by atoms with Crippen LogP contribution in [0.2, 0.25) is 5.15 Å². The second-order valence-electron chi connectivity index (χ2n) is 8.04. The molecule has 0 atom stereocenters. The van der Waals surface area contributed by atoms with E-state index in [2.05, 4.69) is 15.2 Å². The lowest BCUT2D eigenvalue weighted by atomic mass is 9.82. The summed E-state index contributed by atoms with van der Waals surface area (Å²) in [7, 11) is 0. The maximum absolute atomic E-state index is 13.1. The number of alkyl halides is 2. The molecule has 0 saturated heterocycles. The summed E-state index contributed by atoms with van der Waals surface area (Å²) in [5.74, 6) is -2.92. The van der Waals surface area contributed by atoms with Crippen LogP contribution in [0.3, 0.4) is 0 Å². The van der Waals surface area contributed by atoms with E-state index in [0.29, 0.717) is 24.4 Å². The first-order valence-corrected chi connectivity index (χ1v) is 12.2. The number of carbonyl (C=O) groups is 1. The SMILES string of the molecule is CCN(C(=O)CCC(=NOCC1CC(F)(F)C1)c1cccs1)c1cn(-c2cccnc2)nc1Cl. The van der Waals surface area contributed by atoms with Crippen LogP contribution < -0.4 is 4.90 Å². The molecule has 1 aliphatic rings. The molecule has 0 aromatic carbocycles. The zero-order chi connectivity index (χ0) is 24.1. The summed E-state index contributed by atoms with van der Waals surface area (Å²) < 4.78 is 27.6. The van der Waals surface area contributed by atoms with E-state index >= 15 is 0 Å². The third-order valence-corrected chi connectivity index (χ3v) is 6.70. The van der Waals surface area contributed by atoms with E-state index < -0.39 is 5.92 Å². The van der Waals surface area contributed by atoms with Gasteiger partial charge in [0.25, 0.3) is 0 Å². The van der Waals surface area contributed by atoms with Gasteiger partial charge in [0, 0.05) is 44.3 Å². The van der Waals surface area contributed by atoms with Crippen molar-refractivity contribution in [3.05, 3.63) is 58.3 Å². The van der Waals surface area contributed by atoms with Crippen LogP contribution in [-0.4, -0.2) is 45.5 Å². The summed E-state index contributed by atoms with van der Waals surface area (Å²) in [6.45, 7) is 2.42. The maximum atomic E-state index is 13.1. The predicted octanol–water partition coefficient (Wildman–Crippen LogP) is 5.58. The highest BCUT2D eigenvalue weighted by atomic mass is 35.5. The molecule has 3 aromatic rings. The van der Waals surface area contributed by atoms with E-state index in [1.807, 2.05) is 30.5 Å². The predicted molar refractivity (Wildman–Crippen MR) is 128 cm³/mol. The Hall–Kier alpha value is -2.85. The van der Waals surface area contributed by atoms with Crippen LogP contribution in [-0.2, 0) is 9.63 Å². The lowest BCUT2D eigenvalue weighted by Gasteiger charge is -2.33. The lowest BCUT2D eigenvalue weighted by molar-refractivity contribution is -0.128. The van der Waals surface area contributed by atoms with E-state index in [4.69, 9.17) is 16.4 Å². The van der Waals surface area contributed by atoms with Gasteiger partial charge < -0.3 is 9.74 Å². The molecule has 1 aliphatic carbocycles. The van der Waals surface area contributed by atoms with Gasteiger partial charge in [0.15, 0.2) is 5.15 Å². The van der Waals surface area contributed by atoms with Crippen molar-refractivity contribution in [2.24, 2.45) is 11.1 Å². The standard InChI is InChI=1S/C23H24ClF2N5O2S/c1-2-30(19-14-31(28-22(19)24)17-5-3-9-27-13-17)21(32)8-7-18(20-6-4-10-34-20)29-33-15-16-11-23(25,26)12-16/h3-6,9-10,13-14,16H,2,7-8,11-12,15H2,1H3. The molecule has 3 aromatic heterocycles. The van der Waals surface area contributed by atoms with E-state index in [1.165, 1.54) is 11.3 Å². The molecule has 0 aliphatic heterocycles. The van der Waals surface area contributed by atoms with Gasteiger partial charge in [-0.05, 0) is 30.5 Å². The first-order chi connectivity index (χ1) is 16.4. The number of oxime groups is 1. The van der Waals surface area contributed by atoms with Gasteiger partial charge in [0.05, 0.1) is 28.7 Å². The van der Waals surface area contributed by atoms with Gasteiger partial charge in [-0.2, -0.15) is 5.10 Å². The normalized spacial score (nSPS) is 15.7. The number of anilines is 1. The third-order valence-electron chi connectivity index (χ3n) is 5.51. The number of nitrogens with zero attached hydrogens (tertiary/aromatic N) is 5. The molecule has 180 valence electrons. The van der Waals surface area contributed by atoms with Gasteiger partial charge in [0.2, 0.25) is 11.8 Å². The van der Waals surface area contributed by atoms with Crippen LogP contribution in [0, 0.1) is 5.92 Å². The van der Waals surface area contributed by atoms with Crippen LogP contribution in [0.1, 0.15) is 37.5 Å². The number of aromatic nitrogens is 3. The average Bonchev–Trinajstić information content (AvgIpc) is 3.46. The van der Waals surface area contributed by atoms with Crippen molar-refractivity contribution in [3.8, 4) is 5.69 Å². The highest BCUT2D eigenvalue weighted by molar-refractivity contribution is 7.12. The summed E-state index contributed by atoms with van der Waals surface area (Å²) in [6, 6.07) is 7.40. The van der Waals surface area contributed by atoms with E-state index in [1.54, 1.807) is 34.2 Å². The molecule has 7 nitrogen and oxygen atoms in total. The molecular weight excluding hydrogens is 484 g/mol. The minimum atomic E-state index is -2.59. The largest absolute Gasteiger partial charge is 0.395 e. The number of hydrogen-bond acceptors (Lipinski definition) is 6.